The van der Waals surface area contributed by atoms with Crippen LogP contribution in [0.25, 0.3) is 0 Å². The first kappa shape index (κ1) is 15.8. The van der Waals surface area contributed by atoms with E-state index in [0.29, 0.717) is 6.04 Å². The molecule has 2 unspecified atom stereocenters. The van der Waals surface area contributed by atoms with Gasteiger partial charge in [-0.15, -0.1) is 0 Å². The van der Waals surface area contributed by atoms with Gasteiger partial charge in [0.25, 0.3) is 0 Å². The van der Waals surface area contributed by atoms with Gasteiger partial charge in [-0.2, -0.15) is 0 Å². The largest absolute Gasteiger partial charge is 0.354 e. The van der Waals surface area contributed by atoms with Crippen molar-refractivity contribution < 1.29 is 4.79 Å². The van der Waals surface area contributed by atoms with Crippen molar-refractivity contribution in [3.05, 3.63) is 23.9 Å². The van der Waals surface area contributed by atoms with E-state index in [0.717, 1.165) is 38.3 Å². The van der Waals surface area contributed by atoms with Crippen LogP contribution in [0.5, 0.6) is 0 Å². The van der Waals surface area contributed by atoms with E-state index in [1.54, 1.807) is 6.92 Å². The van der Waals surface area contributed by atoms with Crippen molar-refractivity contribution in [2.45, 2.75) is 45.7 Å². The summed E-state index contributed by atoms with van der Waals surface area (Å²) in [5.74, 6) is 1.04. The lowest BCUT2D eigenvalue weighted by atomic mass is 10.1. The molecule has 1 saturated heterocycles. The Hall–Kier alpha value is -1.62. The second-order valence-electron chi connectivity index (χ2n) is 5.76. The van der Waals surface area contributed by atoms with Gasteiger partial charge in [0.05, 0.1) is 0 Å². The quantitative estimate of drug-likeness (QED) is 0.839. The summed E-state index contributed by atoms with van der Waals surface area (Å²) >= 11 is 0. The van der Waals surface area contributed by atoms with Crippen LogP contribution in [0.15, 0.2) is 18.3 Å². The van der Waals surface area contributed by atoms with Gasteiger partial charge in [0.2, 0.25) is 5.91 Å². The summed E-state index contributed by atoms with van der Waals surface area (Å²) in [5.41, 5.74) is 1.21. The van der Waals surface area contributed by atoms with E-state index in [4.69, 9.17) is 0 Å². The fourth-order valence-electron chi connectivity index (χ4n) is 2.69. The molecule has 1 aliphatic rings. The first-order valence-corrected chi connectivity index (χ1v) is 7.81. The van der Waals surface area contributed by atoms with Crippen molar-refractivity contribution in [1.29, 1.82) is 0 Å². The van der Waals surface area contributed by atoms with Crippen molar-refractivity contribution in [3.8, 4) is 0 Å². The maximum atomic E-state index is 11.1. The molecule has 0 aromatic carbocycles. The van der Waals surface area contributed by atoms with E-state index in [1.807, 2.05) is 6.20 Å². The summed E-state index contributed by atoms with van der Waals surface area (Å²) in [4.78, 5) is 17.9. The highest BCUT2D eigenvalue weighted by atomic mass is 16.1. The Morgan fingerprint density at radius 2 is 2.33 bits per heavy atom. The van der Waals surface area contributed by atoms with Gasteiger partial charge in [-0.25, -0.2) is 4.98 Å². The lowest BCUT2D eigenvalue weighted by molar-refractivity contribution is -0.119. The van der Waals surface area contributed by atoms with Gasteiger partial charge in [-0.05, 0) is 37.9 Å². The number of aromatic nitrogens is 1. The number of nitrogens with zero attached hydrogens (tertiary/aromatic N) is 2. The third-order valence-electron chi connectivity index (χ3n) is 3.89. The molecule has 0 radical (unpaired) electrons. The second-order valence-corrected chi connectivity index (χ2v) is 5.76. The molecule has 1 aromatic heterocycles. The predicted molar refractivity (Wildman–Crippen MR) is 85.4 cm³/mol. The fourth-order valence-corrected chi connectivity index (χ4v) is 2.69. The van der Waals surface area contributed by atoms with E-state index in [2.05, 4.69) is 46.5 Å². The molecule has 116 valence electrons. The summed E-state index contributed by atoms with van der Waals surface area (Å²) in [5, 5.41) is 6.44. The fraction of sp³-hybridized carbons (Fsp3) is 0.625. The smallest absolute Gasteiger partial charge is 0.217 e. The molecule has 1 aliphatic heterocycles. The number of carbonyl (C=O) groups is 1. The maximum absolute atomic E-state index is 11.1. The number of rotatable bonds is 6. The van der Waals surface area contributed by atoms with Crippen LogP contribution >= 0.6 is 0 Å². The summed E-state index contributed by atoms with van der Waals surface area (Å²) in [7, 11) is 0. The molecule has 0 saturated carbocycles. The predicted octanol–water partition coefficient (Wildman–Crippen LogP) is 1.86. The van der Waals surface area contributed by atoms with Crippen LogP contribution in [0.4, 0.5) is 5.82 Å². The molecule has 5 heteroatoms. The molecule has 2 rings (SSSR count). The number of anilines is 1. The van der Waals surface area contributed by atoms with Gasteiger partial charge in [0.1, 0.15) is 5.82 Å². The Bertz CT molecular complexity index is 460. The summed E-state index contributed by atoms with van der Waals surface area (Å²) < 4.78 is 0. The molecular weight excluding hydrogens is 264 g/mol. The molecule has 2 heterocycles. The van der Waals surface area contributed by atoms with E-state index < -0.39 is 0 Å². The second kappa shape index (κ2) is 7.41. The van der Waals surface area contributed by atoms with Crippen LogP contribution in [0.2, 0.25) is 0 Å². The monoisotopic (exact) mass is 290 g/mol. The summed E-state index contributed by atoms with van der Waals surface area (Å²) in [6.45, 7) is 8.71. The lowest BCUT2D eigenvalue weighted by Crippen LogP contribution is -2.35. The molecule has 0 spiro atoms. The van der Waals surface area contributed by atoms with Gasteiger partial charge < -0.3 is 15.5 Å². The minimum absolute atomic E-state index is 0.0426. The van der Waals surface area contributed by atoms with Gasteiger partial charge >= 0.3 is 0 Å². The molecule has 2 N–H and O–H groups in total. The van der Waals surface area contributed by atoms with E-state index in [9.17, 15) is 4.79 Å². The standard InChI is InChI=1S/C16H26N4O/c1-4-8-17-12(2)14-5-6-16(18-10-14)20-9-7-15(11-20)19-13(3)21/h5-6,10,12,15,17H,4,7-9,11H2,1-3H3,(H,19,21). The minimum atomic E-state index is 0.0426. The Morgan fingerprint density at radius 1 is 1.52 bits per heavy atom. The van der Waals surface area contributed by atoms with Crippen LogP contribution in [0, 0.1) is 0 Å². The zero-order valence-electron chi connectivity index (χ0n) is 13.2. The molecule has 0 aliphatic carbocycles. The molecular formula is C16H26N4O. The molecule has 1 fully saturated rings. The van der Waals surface area contributed by atoms with Crippen molar-refractivity contribution in [2.24, 2.45) is 0 Å². The Labute approximate surface area is 127 Å². The minimum Gasteiger partial charge on any atom is -0.354 e. The van der Waals surface area contributed by atoms with E-state index in [1.165, 1.54) is 5.56 Å². The molecule has 0 bridgehead atoms. The Kier molecular flexibility index (Phi) is 5.56. The first-order chi connectivity index (χ1) is 10.1. The van der Waals surface area contributed by atoms with Crippen LogP contribution in [0.1, 0.15) is 45.2 Å². The molecule has 21 heavy (non-hydrogen) atoms. The van der Waals surface area contributed by atoms with Crippen molar-refractivity contribution in [1.82, 2.24) is 15.6 Å². The third-order valence-corrected chi connectivity index (χ3v) is 3.89. The van der Waals surface area contributed by atoms with Gasteiger partial charge in [-0.3, -0.25) is 4.79 Å². The molecule has 2 atom stereocenters. The lowest BCUT2D eigenvalue weighted by Gasteiger charge is -2.19. The number of amides is 1. The average Bonchev–Trinajstić information content (AvgIpc) is 2.92. The van der Waals surface area contributed by atoms with Crippen molar-refractivity contribution in [2.75, 3.05) is 24.5 Å². The Balaban J connectivity index is 1.92. The Morgan fingerprint density at radius 3 is 2.95 bits per heavy atom. The first-order valence-electron chi connectivity index (χ1n) is 7.81. The van der Waals surface area contributed by atoms with Crippen LogP contribution in [-0.2, 0) is 4.79 Å². The molecule has 1 amide bonds. The highest BCUT2D eigenvalue weighted by Crippen LogP contribution is 2.20. The zero-order valence-corrected chi connectivity index (χ0v) is 13.2. The van der Waals surface area contributed by atoms with Crippen molar-refractivity contribution in [3.63, 3.8) is 0 Å². The number of hydrogen-bond donors (Lipinski definition) is 2. The highest BCUT2D eigenvalue weighted by molar-refractivity contribution is 5.73. The highest BCUT2D eigenvalue weighted by Gasteiger charge is 2.23. The number of carbonyl (C=O) groups excluding carboxylic acids is 1. The SMILES string of the molecule is CCCNC(C)c1ccc(N2CCC(NC(C)=O)C2)nc1. The van der Waals surface area contributed by atoms with Gasteiger partial charge in [-0.1, -0.05) is 13.0 Å². The van der Waals surface area contributed by atoms with Crippen LogP contribution in [0.3, 0.4) is 0 Å². The van der Waals surface area contributed by atoms with Crippen molar-refractivity contribution >= 4 is 11.7 Å². The normalized spacial score (nSPS) is 19.6. The van der Waals surface area contributed by atoms with E-state index >= 15 is 0 Å². The number of pyridine rings is 1. The summed E-state index contributed by atoms with van der Waals surface area (Å²) in [6.07, 6.45) is 4.07. The number of hydrogen-bond acceptors (Lipinski definition) is 4. The summed E-state index contributed by atoms with van der Waals surface area (Å²) in [6, 6.07) is 4.79. The zero-order chi connectivity index (χ0) is 15.2. The van der Waals surface area contributed by atoms with Gasteiger partial charge in [0.15, 0.2) is 0 Å². The van der Waals surface area contributed by atoms with Crippen LogP contribution in [-0.4, -0.2) is 36.6 Å². The molecule has 5 nitrogen and oxygen atoms in total. The van der Waals surface area contributed by atoms with Crippen LogP contribution < -0.4 is 15.5 Å². The topological polar surface area (TPSA) is 57.3 Å². The number of nitrogens with one attached hydrogen (secondary N) is 2. The molecule has 1 aromatic rings. The van der Waals surface area contributed by atoms with E-state index in [-0.39, 0.29) is 11.9 Å². The third kappa shape index (κ3) is 4.43. The van der Waals surface area contributed by atoms with Gasteiger partial charge in [0, 0.05) is 38.3 Å². The average molecular weight is 290 g/mol. The maximum Gasteiger partial charge on any atom is 0.217 e.